The first-order valence-electron chi connectivity index (χ1n) is 10.4. The Morgan fingerprint density at radius 3 is 2.33 bits per heavy atom. The van der Waals surface area contributed by atoms with Gasteiger partial charge in [-0.15, -0.1) is 0 Å². The predicted molar refractivity (Wildman–Crippen MR) is 122 cm³/mol. The van der Waals surface area contributed by atoms with E-state index in [0.29, 0.717) is 11.1 Å². The Morgan fingerprint density at radius 2 is 1.75 bits per heavy atom. The lowest BCUT2D eigenvalue weighted by Crippen LogP contribution is -2.26. The number of rotatable bonds is 6. The van der Waals surface area contributed by atoms with Gasteiger partial charge in [0.1, 0.15) is 5.56 Å². The molecule has 0 fully saturated rings. The van der Waals surface area contributed by atoms with Gasteiger partial charge in [-0.2, -0.15) is 23.5 Å². The Bertz CT molecular complexity index is 1580. The maximum absolute atomic E-state index is 13.7. The summed E-state index contributed by atoms with van der Waals surface area (Å²) in [7, 11) is 2.73. The summed E-state index contributed by atoms with van der Waals surface area (Å²) >= 11 is 0. The van der Waals surface area contributed by atoms with Gasteiger partial charge in [0.15, 0.2) is 17.3 Å². The molecule has 2 aromatic heterocycles. The van der Waals surface area contributed by atoms with Gasteiger partial charge >= 0.3 is 11.9 Å². The van der Waals surface area contributed by atoms with Crippen molar-refractivity contribution in [1.82, 2.24) is 19.3 Å². The fraction of sp³-hybridized carbons (Fsp3) is 0.167. The summed E-state index contributed by atoms with van der Waals surface area (Å²) in [5.41, 5.74) is -1.00. The van der Waals surface area contributed by atoms with Crippen LogP contribution in [0, 0.1) is 11.3 Å². The van der Waals surface area contributed by atoms with Crippen LogP contribution in [0.1, 0.15) is 17.0 Å². The zero-order valence-electron chi connectivity index (χ0n) is 19.0. The Hall–Kier alpha value is -4.79. The monoisotopic (exact) mass is 497 g/mol. The van der Waals surface area contributed by atoms with Crippen LogP contribution in [0.3, 0.4) is 0 Å². The molecule has 4 aromatic rings. The summed E-state index contributed by atoms with van der Waals surface area (Å²) in [5, 5.41) is 14.9. The first kappa shape index (κ1) is 24.3. The number of methoxy groups -OCH3 is 1. The van der Waals surface area contributed by atoms with E-state index in [1.54, 1.807) is 36.4 Å². The quantitative estimate of drug-likeness (QED) is 0.435. The number of pyridine rings is 1. The number of nitrogens with zero attached hydrogens (tertiary/aromatic N) is 4. The van der Waals surface area contributed by atoms with Gasteiger partial charge in [-0.1, -0.05) is 18.2 Å². The average molecular weight is 497 g/mol. The molecule has 4 rings (SSSR count). The topological polar surface area (TPSA) is 115 Å². The van der Waals surface area contributed by atoms with Crippen LogP contribution in [0.2, 0.25) is 0 Å². The molecule has 0 aliphatic carbocycles. The molecule has 0 spiro atoms. The molecule has 0 unspecified atom stereocenters. The number of ether oxygens (including phenoxy) is 2. The van der Waals surface area contributed by atoms with Crippen molar-refractivity contribution in [2.24, 2.45) is 7.05 Å². The van der Waals surface area contributed by atoms with Gasteiger partial charge < -0.3 is 14.0 Å². The lowest BCUT2D eigenvalue weighted by atomic mass is 10.0. The number of aromatic amines is 1. The second-order valence-electron chi connectivity index (χ2n) is 7.65. The molecule has 0 bridgehead atoms. The van der Waals surface area contributed by atoms with E-state index in [1.165, 1.54) is 20.2 Å². The third-order valence-corrected chi connectivity index (χ3v) is 5.43. The van der Waals surface area contributed by atoms with E-state index in [9.17, 15) is 22.8 Å². The average Bonchev–Trinajstić information content (AvgIpc) is 3.18. The van der Waals surface area contributed by atoms with E-state index >= 15 is 0 Å². The van der Waals surface area contributed by atoms with Crippen LogP contribution in [0.15, 0.2) is 64.3 Å². The highest BCUT2D eigenvalue weighted by atomic mass is 19.4. The molecule has 0 amide bonds. The number of nitrogens with one attached hydrogen (secondary N) is 1. The van der Waals surface area contributed by atoms with Crippen LogP contribution < -0.4 is 20.7 Å². The normalized spacial score (nSPS) is 11.2. The number of halogens is 3. The number of aromatic nitrogens is 4. The maximum Gasteiger partial charge on any atom is 0.420 e. The van der Waals surface area contributed by atoms with Crippen LogP contribution in [-0.4, -0.2) is 26.4 Å². The second-order valence-corrected chi connectivity index (χ2v) is 7.65. The summed E-state index contributed by atoms with van der Waals surface area (Å²) in [6.07, 6.45) is -3.91. The molecule has 2 heterocycles. The minimum absolute atomic E-state index is 0.0921. The molecule has 12 heteroatoms. The van der Waals surface area contributed by atoms with Gasteiger partial charge in [0.25, 0.3) is 5.56 Å². The fourth-order valence-electron chi connectivity index (χ4n) is 3.45. The summed E-state index contributed by atoms with van der Waals surface area (Å²) in [6.45, 7) is -0.267. The Balaban J connectivity index is 1.75. The number of alkyl halides is 3. The van der Waals surface area contributed by atoms with Gasteiger partial charge in [0.05, 0.1) is 25.3 Å². The second kappa shape index (κ2) is 9.46. The molecular formula is C24H18F3N5O4. The van der Waals surface area contributed by atoms with Gasteiger partial charge in [0, 0.05) is 13.2 Å². The van der Waals surface area contributed by atoms with Crippen LogP contribution in [0.25, 0.3) is 11.1 Å². The Kier molecular flexibility index (Phi) is 6.39. The fourth-order valence-corrected chi connectivity index (χ4v) is 3.45. The summed E-state index contributed by atoms with van der Waals surface area (Å²) in [4.78, 5) is 24.7. The molecule has 0 radical (unpaired) electrons. The van der Waals surface area contributed by atoms with Gasteiger partial charge in [-0.3, -0.25) is 9.36 Å². The van der Waals surface area contributed by atoms with E-state index in [-0.39, 0.29) is 23.9 Å². The highest BCUT2D eigenvalue weighted by molar-refractivity contribution is 5.68. The van der Waals surface area contributed by atoms with E-state index in [0.717, 1.165) is 27.0 Å². The number of nitriles is 1. The van der Waals surface area contributed by atoms with Crippen molar-refractivity contribution in [3.8, 4) is 34.4 Å². The molecule has 0 atom stereocenters. The van der Waals surface area contributed by atoms with Gasteiger partial charge in [0.2, 0.25) is 5.75 Å². The molecule has 1 N–H and O–H groups in total. The van der Waals surface area contributed by atoms with Crippen LogP contribution in [0.5, 0.6) is 17.2 Å². The molecule has 0 saturated heterocycles. The van der Waals surface area contributed by atoms with Crippen molar-refractivity contribution in [2.75, 3.05) is 7.11 Å². The highest BCUT2D eigenvalue weighted by Gasteiger charge is 2.37. The Labute approximate surface area is 201 Å². The summed E-state index contributed by atoms with van der Waals surface area (Å²) in [5.74, 6) is -0.830. The molecule has 184 valence electrons. The SMILES string of the molecule is COc1cc(-c2ccc(C#N)cc2)ccc1Oc1c(C(F)(F)F)ccn(Cc2n[nH]c(=O)n2C)c1=O. The third kappa shape index (κ3) is 4.72. The molecule has 2 aromatic carbocycles. The van der Waals surface area contributed by atoms with Crippen molar-refractivity contribution in [2.45, 2.75) is 12.7 Å². The molecular weight excluding hydrogens is 479 g/mol. The smallest absolute Gasteiger partial charge is 0.420 e. The molecule has 0 aliphatic heterocycles. The molecule has 0 saturated carbocycles. The van der Waals surface area contributed by atoms with Gasteiger partial charge in [-0.05, 0) is 41.5 Å². The summed E-state index contributed by atoms with van der Waals surface area (Å²) in [6, 6.07) is 14.0. The lowest BCUT2D eigenvalue weighted by molar-refractivity contribution is -0.138. The highest BCUT2D eigenvalue weighted by Crippen LogP contribution is 2.39. The number of H-pyrrole nitrogens is 1. The lowest BCUT2D eigenvalue weighted by Gasteiger charge is -2.17. The van der Waals surface area contributed by atoms with Crippen molar-refractivity contribution in [3.63, 3.8) is 0 Å². The van der Waals surface area contributed by atoms with Crippen molar-refractivity contribution < 1.29 is 22.6 Å². The minimum atomic E-state index is -4.87. The van der Waals surface area contributed by atoms with Crippen LogP contribution >= 0.6 is 0 Å². The molecule has 9 nitrogen and oxygen atoms in total. The Morgan fingerprint density at radius 1 is 1.06 bits per heavy atom. The maximum atomic E-state index is 13.7. The largest absolute Gasteiger partial charge is 0.493 e. The van der Waals surface area contributed by atoms with Gasteiger partial charge in [-0.25, -0.2) is 9.89 Å². The van der Waals surface area contributed by atoms with E-state index in [2.05, 4.69) is 10.2 Å². The third-order valence-electron chi connectivity index (χ3n) is 5.43. The number of hydrogen-bond donors (Lipinski definition) is 1. The number of benzene rings is 2. The zero-order chi connectivity index (χ0) is 26.0. The minimum Gasteiger partial charge on any atom is -0.493 e. The van der Waals surface area contributed by atoms with Crippen molar-refractivity contribution in [1.29, 1.82) is 5.26 Å². The van der Waals surface area contributed by atoms with E-state index in [1.807, 2.05) is 6.07 Å². The standard InChI is InChI=1S/C24H18F3N5O4/c1-31-20(29-30-23(31)34)13-32-10-9-17(24(25,26)27)21(22(32)33)36-18-8-7-16(11-19(18)35-2)15-5-3-14(12-28)4-6-15/h3-11H,13H2,1-2H3,(H,30,34). The number of hydrogen-bond acceptors (Lipinski definition) is 6. The van der Waals surface area contributed by atoms with E-state index < -0.39 is 28.7 Å². The van der Waals surface area contributed by atoms with Crippen LogP contribution in [-0.2, 0) is 19.8 Å². The first-order valence-corrected chi connectivity index (χ1v) is 10.4. The van der Waals surface area contributed by atoms with Crippen molar-refractivity contribution >= 4 is 0 Å². The zero-order valence-corrected chi connectivity index (χ0v) is 19.0. The van der Waals surface area contributed by atoms with E-state index in [4.69, 9.17) is 14.7 Å². The van der Waals surface area contributed by atoms with Crippen molar-refractivity contribution in [3.05, 3.63) is 92.5 Å². The molecule has 36 heavy (non-hydrogen) atoms. The first-order chi connectivity index (χ1) is 17.1. The predicted octanol–water partition coefficient (Wildman–Crippen LogP) is 3.68. The molecule has 0 aliphatic rings. The summed E-state index contributed by atoms with van der Waals surface area (Å²) < 4.78 is 54.1. The van der Waals surface area contributed by atoms with Crippen LogP contribution in [0.4, 0.5) is 13.2 Å².